The van der Waals surface area contributed by atoms with Crippen molar-refractivity contribution in [3.05, 3.63) is 35.6 Å². The normalized spacial score (nSPS) is 40.9. The molecule has 118 valence electrons. The van der Waals surface area contributed by atoms with Crippen molar-refractivity contribution in [1.82, 2.24) is 9.80 Å². The summed E-state index contributed by atoms with van der Waals surface area (Å²) in [5, 5.41) is 0. The second kappa shape index (κ2) is 5.04. The molecule has 2 bridgehead atoms. The van der Waals surface area contributed by atoms with Crippen LogP contribution in [-0.4, -0.2) is 48.1 Å². The van der Waals surface area contributed by atoms with Gasteiger partial charge in [-0.15, -0.1) is 0 Å². The number of benzene rings is 1. The minimum Gasteiger partial charge on any atom is -0.298 e. The second-order valence-electron chi connectivity index (χ2n) is 7.91. The number of piperidine rings is 3. The van der Waals surface area contributed by atoms with Crippen molar-refractivity contribution < 1.29 is 4.39 Å². The first-order valence-corrected chi connectivity index (χ1v) is 9.03. The van der Waals surface area contributed by atoms with Crippen LogP contribution in [0.3, 0.4) is 0 Å². The highest BCUT2D eigenvalue weighted by Crippen LogP contribution is 2.47. The molecular weight excluding hydrogens is 275 g/mol. The summed E-state index contributed by atoms with van der Waals surface area (Å²) in [5.41, 5.74) is 1.35. The zero-order valence-electron chi connectivity index (χ0n) is 13.1. The van der Waals surface area contributed by atoms with Gasteiger partial charge in [-0.2, -0.15) is 0 Å². The Balaban J connectivity index is 1.47. The summed E-state index contributed by atoms with van der Waals surface area (Å²) in [7, 11) is 0. The van der Waals surface area contributed by atoms with E-state index >= 15 is 0 Å². The third-order valence-electron chi connectivity index (χ3n) is 6.58. The standard InChI is InChI=1S/C19H25FN2/c20-16-5-3-14(4-6-16)17-12-22(11-13-1-2-13)18-15-7-9-21(10-8-15)19(17)18/h3-6,13,15,17-19H,1-2,7-12H2/t17-,18-,19-/m0/s1. The van der Waals surface area contributed by atoms with Gasteiger partial charge in [-0.3, -0.25) is 9.80 Å². The molecule has 3 heteroatoms. The summed E-state index contributed by atoms with van der Waals surface area (Å²) in [6.07, 6.45) is 5.64. The van der Waals surface area contributed by atoms with Gasteiger partial charge in [0, 0.05) is 31.1 Å². The van der Waals surface area contributed by atoms with E-state index in [4.69, 9.17) is 0 Å². The van der Waals surface area contributed by atoms with E-state index in [0.29, 0.717) is 12.0 Å². The molecule has 5 aliphatic rings. The number of hydrogen-bond acceptors (Lipinski definition) is 2. The third-order valence-corrected chi connectivity index (χ3v) is 6.58. The van der Waals surface area contributed by atoms with Crippen molar-refractivity contribution in [2.24, 2.45) is 11.8 Å². The smallest absolute Gasteiger partial charge is 0.123 e. The Labute approximate surface area is 132 Å². The van der Waals surface area contributed by atoms with Gasteiger partial charge in [-0.1, -0.05) is 12.1 Å². The maximum absolute atomic E-state index is 13.3. The summed E-state index contributed by atoms with van der Waals surface area (Å²) >= 11 is 0. The van der Waals surface area contributed by atoms with Crippen LogP contribution >= 0.6 is 0 Å². The van der Waals surface area contributed by atoms with Crippen LogP contribution in [-0.2, 0) is 0 Å². The molecule has 4 aliphatic heterocycles. The van der Waals surface area contributed by atoms with E-state index in [1.807, 2.05) is 12.1 Å². The SMILES string of the molecule is Fc1ccc([C@@H]2CN(CC3CC3)[C@H]3C4CCN(CC4)[C@@H]23)cc1. The first-order valence-electron chi connectivity index (χ1n) is 9.03. The van der Waals surface area contributed by atoms with Crippen LogP contribution in [0.4, 0.5) is 4.39 Å². The van der Waals surface area contributed by atoms with Crippen molar-refractivity contribution in [2.45, 2.75) is 43.7 Å². The Bertz CT molecular complexity index is 545. The largest absolute Gasteiger partial charge is 0.298 e. The average Bonchev–Trinajstić information content (AvgIpc) is 3.28. The van der Waals surface area contributed by atoms with Gasteiger partial charge in [0.1, 0.15) is 5.82 Å². The van der Waals surface area contributed by atoms with E-state index in [9.17, 15) is 4.39 Å². The molecule has 0 N–H and O–H groups in total. The fraction of sp³-hybridized carbons (Fsp3) is 0.684. The maximum atomic E-state index is 13.3. The zero-order chi connectivity index (χ0) is 14.7. The lowest BCUT2D eigenvalue weighted by atomic mass is 9.75. The van der Waals surface area contributed by atoms with Crippen LogP contribution < -0.4 is 0 Å². The van der Waals surface area contributed by atoms with Crippen molar-refractivity contribution in [3.63, 3.8) is 0 Å². The molecule has 4 saturated heterocycles. The molecule has 1 aromatic rings. The van der Waals surface area contributed by atoms with Crippen LogP contribution in [0, 0.1) is 17.7 Å². The van der Waals surface area contributed by atoms with E-state index in [1.54, 1.807) is 12.1 Å². The summed E-state index contributed by atoms with van der Waals surface area (Å²) in [4.78, 5) is 5.55. The van der Waals surface area contributed by atoms with Crippen molar-refractivity contribution >= 4 is 0 Å². The van der Waals surface area contributed by atoms with Crippen molar-refractivity contribution in [2.75, 3.05) is 26.2 Å². The highest BCUT2D eigenvalue weighted by Gasteiger charge is 2.53. The maximum Gasteiger partial charge on any atom is 0.123 e. The van der Waals surface area contributed by atoms with Gasteiger partial charge >= 0.3 is 0 Å². The van der Waals surface area contributed by atoms with E-state index in [2.05, 4.69) is 9.80 Å². The van der Waals surface area contributed by atoms with Gasteiger partial charge in [0.15, 0.2) is 0 Å². The number of nitrogens with zero attached hydrogens (tertiary/aromatic N) is 2. The minimum atomic E-state index is -0.112. The van der Waals surface area contributed by atoms with E-state index < -0.39 is 0 Å². The topological polar surface area (TPSA) is 6.48 Å². The first-order chi connectivity index (χ1) is 10.8. The second-order valence-corrected chi connectivity index (χ2v) is 7.91. The Morgan fingerprint density at radius 2 is 1.68 bits per heavy atom. The predicted octanol–water partition coefficient (Wildman–Crippen LogP) is 3.10. The molecule has 4 heterocycles. The Hall–Kier alpha value is -0.930. The lowest BCUT2D eigenvalue weighted by Crippen LogP contribution is -2.60. The highest BCUT2D eigenvalue weighted by atomic mass is 19.1. The fourth-order valence-electron chi connectivity index (χ4n) is 5.38. The van der Waals surface area contributed by atoms with E-state index in [-0.39, 0.29) is 5.82 Å². The summed E-state index contributed by atoms with van der Waals surface area (Å²) < 4.78 is 13.3. The third kappa shape index (κ3) is 2.13. The van der Waals surface area contributed by atoms with Gasteiger partial charge in [0.25, 0.3) is 0 Å². The highest BCUT2D eigenvalue weighted by molar-refractivity contribution is 5.27. The van der Waals surface area contributed by atoms with E-state index in [0.717, 1.165) is 17.9 Å². The van der Waals surface area contributed by atoms with Crippen LogP contribution in [0.5, 0.6) is 0 Å². The molecule has 6 rings (SSSR count). The summed E-state index contributed by atoms with van der Waals surface area (Å²) in [6, 6.07) is 8.78. The molecule has 0 amide bonds. The summed E-state index contributed by atoms with van der Waals surface area (Å²) in [6.45, 7) is 5.05. The van der Waals surface area contributed by atoms with Gasteiger partial charge in [0.05, 0.1) is 0 Å². The lowest BCUT2D eigenvalue weighted by molar-refractivity contribution is -0.00757. The van der Waals surface area contributed by atoms with Gasteiger partial charge in [-0.05, 0) is 68.3 Å². The Kier molecular flexibility index (Phi) is 3.09. The van der Waals surface area contributed by atoms with Gasteiger partial charge < -0.3 is 0 Å². The lowest BCUT2D eigenvalue weighted by Gasteiger charge is -2.51. The number of fused-ring (bicyclic) bond motifs is 2. The van der Waals surface area contributed by atoms with Crippen LogP contribution in [0.1, 0.15) is 37.2 Å². The van der Waals surface area contributed by atoms with Crippen LogP contribution in [0.15, 0.2) is 24.3 Å². The number of hydrogen-bond donors (Lipinski definition) is 0. The molecule has 0 unspecified atom stereocenters. The first kappa shape index (κ1) is 13.5. The van der Waals surface area contributed by atoms with E-state index in [1.165, 1.54) is 57.4 Å². The van der Waals surface area contributed by atoms with Crippen LogP contribution in [0.25, 0.3) is 0 Å². The van der Waals surface area contributed by atoms with Crippen molar-refractivity contribution in [3.8, 4) is 0 Å². The minimum absolute atomic E-state index is 0.112. The molecule has 5 fully saturated rings. The molecule has 0 spiro atoms. The Morgan fingerprint density at radius 3 is 2.36 bits per heavy atom. The number of likely N-dealkylation sites (tertiary alicyclic amines) is 1. The van der Waals surface area contributed by atoms with Gasteiger partial charge in [0.2, 0.25) is 0 Å². The monoisotopic (exact) mass is 300 g/mol. The summed E-state index contributed by atoms with van der Waals surface area (Å²) in [5.74, 6) is 2.33. The van der Waals surface area contributed by atoms with Crippen LogP contribution in [0.2, 0.25) is 0 Å². The molecule has 1 aromatic carbocycles. The quantitative estimate of drug-likeness (QED) is 0.846. The Morgan fingerprint density at radius 1 is 0.955 bits per heavy atom. The van der Waals surface area contributed by atoms with Crippen molar-refractivity contribution in [1.29, 1.82) is 0 Å². The molecule has 22 heavy (non-hydrogen) atoms. The zero-order valence-corrected chi connectivity index (χ0v) is 13.1. The fourth-order valence-corrected chi connectivity index (χ4v) is 5.38. The number of halogens is 1. The molecule has 0 aromatic heterocycles. The molecule has 0 radical (unpaired) electrons. The van der Waals surface area contributed by atoms with Gasteiger partial charge in [-0.25, -0.2) is 4.39 Å². The number of rotatable bonds is 3. The molecule has 3 atom stereocenters. The molecule has 1 saturated carbocycles. The molecule has 1 aliphatic carbocycles. The molecule has 2 nitrogen and oxygen atoms in total. The molecular formula is C19H25FN2. The average molecular weight is 300 g/mol. The predicted molar refractivity (Wildman–Crippen MR) is 85.3 cm³/mol.